The van der Waals surface area contributed by atoms with Gasteiger partial charge in [0.1, 0.15) is 12.4 Å². The third-order valence-corrected chi connectivity index (χ3v) is 4.45. The van der Waals surface area contributed by atoms with Crippen LogP contribution >= 0.6 is 0 Å². The molecule has 0 heterocycles. The average Bonchev–Trinajstić information content (AvgIpc) is 2.69. The predicted molar refractivity (Wildman–Crippen MR) is 106 cm³/mol. The first-order valence-electron chi connectivity index (χ1n) is 8.95. The molecule has 0 aliphatic rings. The Morgan fingerprint density at radius 2 is 2.04 bits per heavy atom. The van der Waals surface area contributed by atoms with Gasteiger partial charge in [0.05, 0.1) is 19.7 Å². The van der Waals surface area contributed by atoms with Crippen LogP contribution in [-0.4, -0.2) is 37.0 Å². The number of carbonyl (C=O) groups excluding carboxylic acids is 1. The van der Waals surface area contributed by atoms with Crippen LogP contribution in [0.5, 0.6) is 11.5 Å². The normalized spacial score (nSPS) is 11.7. The minimum absolute atomic E-state index is 0.236. The second-order valence-electron chi connectivity index (χ2n) is 6.41. The number of terminal acetylenes is 1. The fourth-order valence-corrected chi connectivity index (χ4v) is 2.75. The van der Waals surface area contributed by atoms with E-state index in [4.69, 9.17) is 21.6 Å². The van der Waals surface area contributed by atoms with Gasteiger partial charge in [0.15, 0.2) is 11.5 Å². The number of nitrogens with zero attached hydrogens (tertiary/aromatic N) is 1. The van der Waals surface area contributed by atoms with Crippen molar-refractivity contribution in [3.05, 3.63) is 59.4 Å². The average molecular weight is 384 g/mol. The number of primary amides is 1. The quantitative estimate of drug-likeness (QED) is 0.640. The molecule has 0 saturated carbocycles. The maximum atomic E-state index is 13.3. The molecule has 1 unspecified atom stereocenters. The number of carbonyl (C=O) groups is 1. The van der Waals surface area contributed by atoms with Gasteiger partial charge in [0.25, 0.3) is 0 Å². The fraction of sp³-hybridized carbons (Fsp3) is 0.318. The van der Waals surface area contributed by atoms with E-state index in [0.717, 1.165) is 11.1 Å². The Balaban J connectivity index is 2.03. The number of ether oxygens (including phenoxy) is 2. The summed E-state index contributed by atoms with van der Waals surface area (Å²) in [4.78, 5) is 13.3. The molecule has 2 N–H and O–H groups in total. The summed E-state index contributed by atoms with van der Waals surface area (Å²) < 4.78 is 24.5. The number of hydrogen-bond acceptors (Lipinski definition) is 4. The number of hydrogen-bond donors (Lipinski definition) is 1. The van der Waals surface area contributed by atoms with Gasteiger partial charge in [-0.25, -0.2) is 4.39 Å². The van der Waals surface area contributed by atoms with E-state index in [-0.39, 0.29) is 12.4 Å². The summed E-state index contributed by atoms with van der Waals surface area (Å²) in [6, 6.07) is 11.4. The molecule has 0 aliphatic carbocycles. The highest BCUT2D eigenvalue weighted by Gasteiger charge is 2.18. The molecule has 1 atom stereocenters. The number of amides is 1. The van der Waals surface area contributed by atoms with E-state index in [2.05, 4.69) is 5.92 Å². The summed E-state index contributed by atoms with van der Waals surface area (Å²) >= 11 is 0. The lowest BCUT2D eigenvalue weighted by Crippen LogP contribution is -2.43. The van der Waals surface area contributed by atoms with Gasteiger partial charge in [-0.1, -0.05) is 24.1 Å². The zero-order valence-corrected chi connectivity index (χ0v) is 16.2. The molecule has 5 nitrogen and oxygen atoms in total. The first kappa shape index (κ1) is 21.3. The van der Waals surface area contributed by atoms with E-state index in [0.29, 0.717) is 31.0 Å². The highest BCUT2D eigenvalue weighted by Crippen LogP contribution is 2.29. The Morgan fingerprint density at radius 1 is 1.25 bits per heavy atom. The molecule has 0 aliphatic heterocycles. The van der Waals surface area contributed by atoms with Crippen molar-refractivity contribution in [3.8, 4) is 23.8 Å². The van der Waals surface area contributed by atoms with Crippen molar-refractivity contribution >= 4 is 5.91 Å². The zero-order chi connectivity index (χ0) is 20.5. The molecule has 1 amide bonds. The summed E-state index contributed by atoms with van der Waals surface area (Å²) in [6.45, 7) is 2.90. The Kier molecular flexibility index (Phi) is 7.85. The van der Waals surface area contributed by atoms with Crippen molar-refractivity contribution in [2.45, 2.75) is 26.0 Å². The monoisotopic (exact) mass is 384 g/mol. The van der Waals surface area contributed by atoms with Gasteiger partial charge in [-0.3, -0.25) is 9.69 Å². The molecule has 2 aromatic carbocycles. The molecule has 6 heteroatoms. The van der Waals surface area contributed by atoms with Crippen LogP contribution in [-0.2, 0) is 17.8 Å². The van der Waals surface area contributed by atoms with Crippen LogP contribution in [0.15, 0.2) is 42.5 Å². The van der Waals surface area contributed by atoms with Gasteiger partial charge in [-0.2, -0.15) is 0 Å². The highest BCUT2D eigenvalue weighted by atomic mass is 19.1. The smallest absolute Gasteiger partial charge is 0.234 e. The second-order valence-corrected chi connectivity index (χ2v) is 6.41. The van der Waals surface area contributed by atoms with Crippen LogP contribution in [0.25, 0.3) is 0 Å². The van der Waals surface area contributed by atoms with Gasteiger partial charge >= 0.3 is 0 Å². The molecule has 148 valence electrons. The van der Waals surface area contributed by atoms with E-state index in [1.165, 1.54) is 12.1 Å². The van der Waals surface area contributed by atoms with Crippen LogP contribution in [0.3, 0.4) is 0 Å². The molecule has 2 aromatic rings. The van der Waals surface area contributed by atoms with Crippen molar-refractivity contribution in [1.29, 1.82) is 0 Å². The third kappa shape index (κ3) is 6.00. The van der Waals surface area contributed by atoms with E-state index >= 15 is 0 Å². The number of benzene rings is 2. The number of methoxy groups -OCH3 is 1. The van der Waals surface area contributed by atoms with Crippen LogP contribution in [0.2, 0.25) is 0 Å². The fourth-order valence-electron chi connectivity index (χ4n) is 2.75. The molecule has 28 heavy (non-hydrogen) atoms. The first-order chi connectivity index (χ1) is 13.4. The Morgan fingerprint density at radius 3 is 2.68 bits per heavy atom. The van der Waals surface area contributed by atoms with Gasteiger partial charge in [0.2, 0.25) is 5.91 Å². The molecule has 0 saturated heterocycles. The van der Waals surface area contributed by atoms with Crippen LogP contribution < -0.4 is 15.2 Å². The Bertz CT molecular complexity index is 848. The molecule has 0 radical (unpaired) electrons. The van der Waals surface area contributed by atoms with E-state index < -0.39 is 11.9 Å². The lowest BCUT2D eigenvalue weighted by Gasteiger charge is -2.24. The lowest BCUT2D eigenvalue weighted by molar-refractivity contribution is -0.122. The second kappa shape index (κ2) is 10.3. The molecule has 0 bridgehead atoms. The summed E-state index contributed by atoms with van der Waals surface area (Å²) in [6.07, 6.45) is 6.06. The third-order valence-electron chi connectivity index (χ3n) is 4.45. The van der Waals surface area contributed by atoms with Crippen LogP contribution in [0.4, 0.5) is 4.39 Å². The summed E-state index contributed by atoms with van der Waals surface area (Å²) in [5, 5.41) is 0. The minimum Gasteiger partial charge on any atom is -0.493 e. The molecule has 2 rings (SSSR count). The number of rotatable bonds is 10. The van der Waals surface area contributed by atoms with Crippen molar-refractivity contribution in [2.24, 2.45) is 5.73 Å². The van der Waals surface area contributed by atoms with Gasteiger partial charge in [0, 0.05) is 6.54 Å². The van der Waals surface area contributed by atoms with E-state index in [9.17, 15) is 9.18 Å². The van der Waals surface area contributed by atoms with Gasteiger partial charge < -0.3 is 15.2 Å². The Labute approximate surface area is 165 Å². The SMILES string of the molecule is C#CCN(CCc1ccc(OCc2cccc(F)c2)c(OC)c1)C(C)C(N)=O. The van der Waals surface area contributed by atoms with Gasteiger partial charge in [-0.05, 0) is 48.7 Å². The topological polar surface area (TPSA) is 64.8 Å². The summed E-state index contributed by atoms with van der Waals surface area (Å²) in [5.74, 6) is 3.00. The Hall–Kier alpha value is -3.04. The molecular formula is C22H25FN2O3. The van der Waals surface area contributed by atoms with E-state index in [1.807, 2.05) is 23.1 Å². The lowest BCUT2D eigenvalue weighted by atomic mass is 10.1. The van der Waals surface area contributed by atoms with Crippen LogP contribution in [0, 0.1) is 18.2 Å². The number of nitrogens with two attached hydrogens (primary N) is 1. The summed E-state index contributed by atoms with van der Waals surface area (Å²) in [5.41, 5.74) is 7.12. The standard InChI is InChI=1S/C22H25FN2O3/c1-4-11-25(16(2)22(24)26)12-10-17-8-9-20(21(14-17)27-3)28-15-18-6-5-7-19(23)13-18/h1,5-9,13-14,16H,10-12,15H2,2-3H3,(H2,24,26). The largest absolute Gasteiger partial charge is 0.493 e. The number of halogens is 1. The molecule has 0 spiro atoms. The maximum absolute atomic E-state index is 13.3. The van der Waals surface area contributed by atoms with Crippen LogP contribution in [0.1, 0.15) is 18.1 Å². The van der Waals surface area contributed by atoms with Crippen molar-refractivity contribution in [3.63, 3.8) is 0 Å². The molecule has 0 aromatic heterocycles. The maximum Gasteiger partial charge on any atom is 0.234 e. The molecule has 0 fully saturated rings. The van der Waals surface area contributed by atoms with E-state index in [1.54, 1.807) is 26.2 Å². The minimum atomic E-state index is -0.438. The van der Waals surface area contributed by atoms with Crippen molar-refractivity contribution in [1.82, 2.24) is 4.90 Å². The first-order valence-corrected chi connectivity index (χ1v) is 8.95. The zero-order valence-electron chi connectivity index (χ0n) is 16.2. The molecular weight excluding hydrogens is 359 g/mol. The summed E-state index contributed by atoms with van der Waals surface area (Å²) in [7, 11) is 1.56. The van der Waals surface area contributed by atoms with Gasteiger partial charge in [-0.15, -0.1) is 6.42 Å². The highest BCUT2D eigenvalue weighted by molar-refractivity contribution is 5.79. The van der Waals surface area contributed by atoms with Crippen molar-refractivity contribution in [2.75, 3.05) is 20.2 Å². The predicted octanol–water partition coefficient (Wildman–Crippen LogP) is 2.76. The van der Waals surface area contributed by atoms with Crippen molar-refractivity contribution < 1.29 is 18.7 Å².